The first kappa shape index (κ1) is 18.5. The van der Waals surface area contributed by atoms with E-state index in [-0.39, 0.29) is 5.75 Å². The molecule has 0 aliphatic rings. The molecular formula is C19H20ClN3O2S. The molecule has 3 rings (SSSR count). The van der Waals surface area contributed by atoms with E-state index in [9.17, 15) is 8.42 Å². The van der Waals surface area contributed by atoms with Crippen molar-refractivity contribution in [2.24, 2.45) is 0 Å². The fourth-order valence-corrected chi connectivity index (χ4v) is 4.18. The molecule has 7 heteroatoms. The molecule has 0 aliphatic heterocycles. The third kappa shape index (κ3) is 4.45. The molecule has 3 aromatic rings. The lowest BCUT2D eigenvalue weighted by molar-refractivity contribution is 0.600. The standard InChI is InChI=1S/C19H20ClN3O2S/c1-14-19(22-26(24,25)13-17-6-4-3-5-7-17)15(2)23(21-14)12-16-8-10-18(20)11-9-16/h3-11,22H,12-13H2,1-2H3. The third-order valence-corrected chi connectivity index (χ3v) is 5.56. The van der Waals surface area contributed by atoms with Gasteiger partial charge in [-0.1, -0.05) is 54.1 Å². The number of rotatable bonds is 6. The number of hydrogen-bond acceptors (Lipinski definition) is 3. The molecule has 26 heavy (non-hydrogen) atoms. The molecule has 0 unspecified atom stereocenters. The largest absolute Gasteiger partial charge is 0.280 e. The second-order valence-electron chi connectivity index (χ2n) is 6.18. The summed E-state index contributed by atoms with van der Waals surface area (Å²) in [6, 6.07) is 16.6. The van der Waals surface area contributed by atoms with Crippen molar-refractivity contribution >= 4 is 27.3 Å². The summed E-state index contributed by atoms with van der Waals surface area (Å²) < 4.78 is 29.5. The zero-order chi connectivity index (χ0) is 18.7. The van der Waals surface area contributed by atoms with Gasteiger partial charge in [0, 0.05) is 5.02 Å². The van der Waals surface area contributed by atoms with E-state index in [0.717, 1.165) is 16.8 Å². The SMILES string of the molecule is Cc1nn(Cc2ccc(Cl)cc2)c(C)c1NS(=O)(=O)Cc1ccccc1. The molecule has 5 nitrogen and oxygen atoms in total. The van der Waals surface area contributed by atoms with Crippen LogP contribution in [0.1, 0.15) is 22.5 Å². The van der Waals surface area contributed by atoms with Crippen LogP contribution in [0.15, 0.2) is 54.6 Å². The number of aromatic nitrogens is 2. The normalized spacial score (nSPS) is 11.5. The van der Waals surface area contributed by atoms with Gasteiger partial charge in [0.2, 0.25) is 10.0 Å². The Morgan fingerprint density at radius 1 is 1.00 bits per heavy atom. The summed E-state index contributed by atoms with van der Waals surface area (Å²) in [6.45, 7) is 4.20. The Kier molecular flexibility index (Phi) is 5.34. The fourth-order valence-electron chi connectivity index (χ4n) is 2.75. The predicted octanol–water partition coefficient (Wildman–Crippen LogP) is 4.14. The minimum Gasteiger partial charge on any atom is -0.280 e. The second kappa shape index (κ2) is 7.51. The monoisotopic (exact) mass is 389 g/mol. The van der Waals surface area contributed by atoms with Crippen LogP contribution in [-0.4, -0.2) is 18.2 Å². The van der Waals surface area contributed by atoms with Gasteiger partial charge in [0.15, 0.2) is 0 Å². The van der Waals surface area contributed by atoms with E-state index in [1.165, 1.54) is 0 Å². The Hall–Kier alpha value is -2.31. The number of anilines is 1. The van der Waals surface area contributed by atoms with Gasteiger partial charge in [-0.15, -0.1) is 0 Å². The Labute approximate surface area is 158 Å². The van der Waals surface area contributed by atoms with Crippen molar-refractivity contribution in [3.8, 4) is 0 Å². The molecule has 1 N–H and O–H groups in total. The van der Waals surface area contributed by atoms with Crippen LogP contribution in [0.4, 0.5) is 5.69 Å². The van der Waals surface area contributed by atoms with E-state index in [0.29, 0.717) is 22.9 Å². The van der Waals surface area contributed by atoms with Gasteiger partial charge in [-0.05, 0) is 37.1 Å². The summed E-state index contributed by atoms with van der Waals surface area (Å²) in [4.78, 5) is 0. The molecule has 0 atom stereocenters. The Balaban J connectivity index is 1.80. The Morgan fingerprint density at radius 2 is 1.65 bits per heavy atom. The van der Waals surface area contributed by atoms with Crippen LogP contribution in [0.5, 0.6) is 0 Å². The van der Waals surface area contributed by atoms with Crippen LogP contribution in [-0.2, 0) is 22.3 Å². The molecule has 1 heterocycles. The summed E-state index contributed by atoms with van der Waals surface area (Å²) in [5.41, 5.74) is 3.74. The van der Waals surface area contributed by atoms with Gasteiger partial charge in [0.25, 0.3) is 0 Å². The molecule has 0 saturated carbocycles. The van der Waals surface area contributed by atoms with Gasteiger partial charge < -0.3 is 0 Å². The van der Waals surface area contributed by atoms with Crippen molar-refractivity contribution in [2.45, 2.75) is 26.1 Å². The maximum absolute atomic E-state index is 12.5. The number of nitrogens with one attached hydrogen (secondary N) is 1. The van der Waals surface area contributed by atoms with Crippen LogP contribution in [0, 0.1) is 13.8 Å². The molecule has 1 aromatic heterocycles. The average molecular weight is 390 g/mol. The molecule has 0 amide bonds. The highest BCUT2D eigenvalue weighted by molar-refractivity contribution is 7.91. The van der Waals surface area contributed by atoms with Crippen molar-refractivity contribution in [2.75, 3.05) is 4.72 Å². The van der Waals surface area contributed by atoms with Gasteiger partial charge in [0.1, 0.15) is 0 Å². The van der Waals surface area contributed by atoms with E-state index in [2.05, 4.69) is 9.82 Å². The number of sulfonamides is 1. The van der Waals surface area contributed by atoms with Crippen molar-refractivity contribution in [1.82, 2.24) is 9.78 Å². The second-order valence-corrected chi connectivity index (χ2v) is 8.34. The summed E-state index contributed by atoms with van der Waals surface area (Å²) in [5.74, 6) is -0.0743. The molecular weight excluding hydrogens is 370 g/mol. The molecule has 0 radical (unpaired) electrons. The summed E-state index contributed by atoms with van der Waals surface area (Å²) in [7, 11) is -3.52. The molecule has 0 saturated heterocycles. The fraction of sp³-hybridized carbons (Fsp3) is 0.211. The summed E-state index contributed by atoms with van der Waals surface area (Å²) in [5, 5.41) is 5.15. The average Bonchev–Trinajstić information content (AvgIpc) is 2.84. The lowest BCUT2D eigenvalue weighted by Gasteiger charge is -2.09. The highest BCUT2D eigenvalue weighted by Gasteiger charge is 2.18. The number of aryl methyl sites for hydroxylation is 1. The Bertz CT molecular complexity index is 997. The number of benzene rings is 2. The maximum atomic E-state index is 12.5. The highest BCUT2D eigenvalue weighted by atomic mass is 35.5. The maximum Gasteiger partial charge on any atom is 0.237 e. The van der Waals surface area contributed by atoms with Crippen molar-refractivity contribution in [3.05, 3.63) is 82.1 Å². The lowest BCUT2D eigenvalue weighted by Crippen LogP contribution is -2.16. The van der Waals surface area contributed by atoms with E-state index in [4.69, 9.17) is 11.6 Å². The quantitative estimate of drug-likeness (QED) is 0.689. The number of halogens is 1. The van der Waals surface area contributed by atoms with Crippen LogP contribution < -0.4 is 4.72 Å². The minimum absolute atomic E-state index is 0.0743. The minimum atomic E-state index is -3.52. The van der Waals surface area contributed by atoms with E-state index in [1.54, 1.807) is 23.7 Å². The first-order valence-electron chi connectivity index (χ1n) is 8.17. The first-order valence-corrected chi connectivity index (χ1v) is 10.2. The molecule has 0 aliphatic carbocycles. The van der Waals surface area contributed by atoms with Gasteiger partial charge in [-0.3, -0.25) is 9.40 Å². The molecule has 0 bridgehead atoms. The summed E-state index contributed by atoms with van der Waals surface area (Å²) >= 11 is 5.92. The van der Waals surface area contributed by atoms with Gasteiger partial charge in [-0.2, -0.15) is 5.10 Å². The van der Waals surface area contributed by atoms with Crippen LogP contribution in [0.2, 0.25) is 5.02 Å². The van der Waals surface area contributed by atoms with E-state index in [1.807, 2.05) is 49.4 Å². The van der Waals surface area contributed by atoms with Gasteiger partial charge in [0.05, 0.1) is 29.4 Å². The number of hydrogen-bond donors (Lipinski definition) is 1. The first-order chi connectivity index (χ1) is 12.3. The van der Waals surface area contributed by atoms with Crippen molar-refractivity contribution < 1.29 is 8.42 Å². The van der Waals surface area contributed by atoms with Crippen molar-refractivity contribution in [3.63, 3.8) is 0 Å². The van der Waals surface area contributed by atoms with Crippen LogP contribution in [0.25, 0.3) is 0 Å². The van der Waals surface area contributed by atoms with Crippen molar-refractivity contribution in [1.29, 1.82) is 0 Å². The van der Waals surface area contributed by atoms with E-state index < -0.39 is 10.0 Å². The molecule has 0 spiro atoms. The van der Waals surface area contributed by atoms with Gasteiger partial charge in [-0.25, -0.2) is 8.42 Å². The smallest absolute Gasteiger partial charge is 0.237 e. The number of nitrogens with zero attached hydrogens (tertiary/aromatic N) is 2. The summed E-state index contributed by atoms with van der Waals surface area (Å²) in [6.07, 6.45) is 0. The lowest BCUT2D eigenvalue weighted by atomic mass is 10.2. The zero-order valence-electron chi connectivity index (χ0n) is 14.6. The molecule has 136 valence electrons. The molecule has 2 aromatic carbocycles. The van der Waals surface area contributed by atoms with E-state index >= 15 is 0 Å². The third-order valence-electron chi connectivity index (χ3n) is 4.08. The Morgan fingerprint density at radius 3 is 2.31 bits per heavy atom. The van der Waals surface area contributed by atoms with Crippen LogP contribution >= 0.6 is 11.6 Å². The zero-order valence-corrected chi connectivity index (χ0v) is 16.2. The highest BCUT2D eigenvalue weighted by Crippen LogP contribution is 2.23. The van der Waals surface area contributed by atoms with Crippen LogP contribution in [0.3, 0.4) is 0 Å². The topological polar surface area (TPSA) is 64.0 Å². The molecule has 0 fully saturated rings. The van der Waals surface area contributed by atoms with Gasteiger partial charge >= 0.3 is 0 Å². The predicted molar refractivity (Wildman–Crippen MR) is 105 cm³/mol.